The van der Waals surface area contributed by atoms with Gasteiger partial charge in [0, 0.05) is 11.1 Å². The maximum absolute atomic E-state index is 13.9. The van der Waals surface area contributed by atoms with Crippen molar-refractivity contribution < 1.29 is 18.7 Å². The van der Waals surface area contributed by atoms with Crippen molar-refractivity contribution in [2.45, 2.75) is 20.5 Å². The minimum atomic E-state index is -0.402. The maximum atomic E-state index is 13.9. The van der Waals surface area contributed by atoms with E-state index in [4.69, 9.17) is 9.47 Å². The van der Waals surface area contributed by atoms with Crippen LogP contribution >= 0.6 is 0 Å². The molecule has 3 nitrogen and oxygen atoms in total. The molecule has 0 spiro atoms. The Kier molecular flexibility index (Phi) is 4.70. The number of Topliss-reactive ketones (excluding diaryl/α,β-unsaturated/α-hetero) is 1. The number of fused-ring (bicyclic) bond motifs is 1. The molecule has 140 valence electrons. The fourth-order valence-corrected chi connectivity index (χ4v) is 3.19. The van der Waals surface area contributed by atoms with Crippen LogP contribution in [0.15, 0.2) is 66.4 Å². The molecule has 0 aromatic heterocycles. The van der Waals surface area contributed by atoms with Gasteiger partial charge >= 0.3 is 0 Å². The number of ether oxygens (including phenoxy) is 2. The number of allylic oxidation sites excluding steroid dienone is 1. The van der Waals surface area contributed by atoms with Crippen molar-refractivity contribution in [2.24, 2.45) is 0 Å². The Morgan fingerprint density at radius 1 is 1.00 bits per heavy atom. The molecule has 0 atom stereocenters. The van der Waals surface area contributed by atoms with Crippen LogP contribution in [0.25, 0.3) is 6.08 Å². The van der Waals surface area contributed by atoms with Crippen LogP contribution in [0.1, 0.15) is 32.6 Å². The van der Waals surface area contributed by atoms with E-state index in [-0.39, 0.29) is 11.5 Å². The van der Waals surface area contributed by atoms with Gasteiger partial charge in [-0.05, 0) is 49.2 Å². The summed E-state index contributed by atoms with van der Waals surface area (Å²) in [4.78, 5) is 12.6. The average Bonchev–Trinajstić information content (AvgIpc) is 3.01. The maximum Gasteiger partial charge on any atom is 0.231 e. The Morgan fingerprint density at radius 2 is 1.75 bits per heavy atom. The normalized spacial score (nSPS) is 14.1. The van der Waals surface area contributed by atoms with E-state index < -0.39 is 5.82 Å². The quantitative estimate of drug-likeness (QED) is 0.555. The standard InChI is InChI=1S/C24H19FO3/c1-15-7-3-4-9-18(15)14-27-21-12-11-19-23(26)22(28-24(19)16(21)2)13-17-8-5-6-10-20(17)25/h3-13H,14H2,1-2H3/b22-13-. The van der Waals surface area contributed by atoms with Crippen molar-refractivity contribution in [2.75, 3.05) is 0 Å². The Balaban J connectivity index is 1.60. The predicted molar refractivity (Wildman–Crippen MR) is 106 cm³/mol. The largest absolute Gasteiger partial charge is 0.488 e. The summed E-state index contributed by atoms with van der Waals surface area (Å²) in [5, 5.41) is 0. The number of carbonyl (C=O) groups is 1. The summed E-state index contributed by atoms with van der Waals surface area (Å²) in [6, 6.07) is 17.8. The second kappa shape index (κ2) is 7.31. The molecule has 3 aromatic carbocycles. The minimum absolute atomic E-state index is 0.110. The SMILES string of the molecule is Cc1ccccc1COc1ccc2c(c1C)O/C(=C\c1ccccc1F)C2=O. The molecule has 0 bridgehead atoms. The number of hydrogen-bond acceptors (Lipinski definition) is 3. The zero-order chi connectivity index (χ0) is 19.7. The summed E-state index contributed by atoms with van der Waals surface area (Å²) < 4.78 is 25.7. The fraction of sp³-hybridized carbons (Fsp3) is 0.125. The van der Waals surface area contributed by atoms with Gasteiger partial charge in [0.25, 0.3) is 0 Å². The van der Waals surface area contributed by atoms with Gasteiger partial charge in [-0.1, -0.05) is 42.5 Å². The van der Waals surface area contributed by atoms with Gasteiger partial charge in [0.2, 0.25) is 5.78 Å². The molecule has 4 heteroatoms. The summed E-state index contributed by atoms with van der Waals surface area (Å²) in [7, 11) is 0. The molecule has 28 heavy (non-hydrogen) atoms. The van der Waals surface area contributed by atoms with Crippen molar-refractivity contribution in [1.29, 1.82) is 0 Å². The van der Waals surface area contributed by atoms with Crippen LogP contribution in [0.3, 0.4) is 0 Å². The third-order valence-electron chi connectivity index (χ3n) is 4.87. The molecule has 0 saturated carbocycles. The van der Waals surface area contributed by atoms with Crippen LogP contribution in [-0.4, -0.2) is 5.78 Å². The smallest absolute Gasteiger partial charge is 0.231 e. The number of carbonyl (C=O) groups excluding carboxylic acids is 1. The lowest BCUT2D eigenvalue weighted by Gasteiger charge is -2.12. The monoisotopic (exact) mass is 374 g/mol. The minimum Gasteiger partial charge on any atom is -0.488 e. The van der Waals surface area contributed by atoms with Crippen molar-refractivity contribution in [1.82, 2.24) is 0 Å². The molecule has 3 aromatic rings. The molecular weight excluding hydrogens is 355 g/mol. The van der Waals surface area contributed by atoms with Crippen molar-refractivity contribution in [3.63, 3.8) is 0 Å². The highest BCUT2D eigenvalue weighted by Gasteiger charge is 2.30. The highest BCUT2D eigenvalue weighted by atomic mass is 19.1. The van der Waals surface area contributed by atoms with E-state index in [1.165, 1.54) is 12.1 Å². The summed E-state index contributed by atoms with van der Waals surface area (Å²) >= 11 is 0. The first-order valence-electron chi connectivity index (χ1n) is 9.04. The highest BCUT2D eigenvalue weighted by molar-refractivity contribution is 6.15. The summed E-state index contributed by atoms with van der Waals surface area (Å²) in [6.45, 7) is 4.32. The second-order valence-corrected chi connectivity index (χ2v) is 6.74. The molecule has 1 aliphatic heterocycles. The van der Waals surface area contributed by atoms with Gasteiger partial charge in [0.05, 0.1) is 5.56 Å². The lowest BCUT2D eigenvalue weighted by molar-refractivity contribution is 0.101. The molecule has 4 rings (SSSR count). The number of hydrogen-bond donors (Lipinski definition) is 0. The fourth-order valence-electron chi connectivity index (χ4n) is 3.19. The van der Waals surface area contributed by atoms with E-state index in [0.717, 1.165) is 16.7 Å². The van der Waals surface area contributed by atoms with E-state index in [2.05, 4.69) is 0 Å². The highest BCUT2D eigenvalue weighted by Crippen LogP contribution is 2.39. The first-order valence-corrected chi connectivity index (χ1v) is 9.04. The van der Waals surface area contributed by atoms with Crippen LogP contribution in [0.4, 0.5) is 4.39 Å². The summed E-state index contributed by atoms with van der Waals surface area (Å²) in [5.74, 6) is 0.573. The lowest BCUT2D eigenvalue weighted by Crippen LogP contribution is -2.00. The zero-order valence-corrected chi connectivity index (χ0v) is 15.7. The van der Waals surface area contributed by atoms with Gasteiger partial charge in [0.1, 0.15) is 23.9 Å². The van der Waals surface area contributed by atoms with Gasteiger partial charge in [-0.2, -0.15) is 0 Å². The van der Waals surface area contributed by atoms with Crippen LogP contribution < -0.4 is 9.47 Å². The average molecular weight is 374 g/mol. The Hall–Kier alpha value is -3.40. The van der Waals surface area contributed by atoms with Crippen LogP contribution in [0, 0.1) is 19.7 Å². The van der Waals surface area contributed by atoms with Crippen LogP contribution in [-0.2, 0) is 6.61 Å². The molecule has 0 amide bonds. The zero-order valence-electron chi connectivity index (χ0n) is 15.7. The molecule has 0 N–H and O–H groups in total. The van der Waals surface area contributed by atoms with Gasteiger partial charge < -0.3 is 9.47 Å². The molecule has 0 aliphatic carbocycles. The van der Waals surface area contributed by atoms with E-state index >= 15 is 0 Å². The molecule has 0 saturated heterocycles. The molecule has 0 radical (unpaired) electrons. The third-order valence-corrected chi connectivity index (χ3v) is 4.87. The first-order chi connectivity index (χ1) is 13.5. The van der Waals surface area contributed by atoms with E-state index in [0.29, 0.717) is 29.2 Å². The third kappa shape index (κ3) is 3.29. The Labute approximate surface area is 163 Å². The summed E-state index contributed by atoms with van der Waals surface area (Å²) in [6.07, 6.45) is 1.44. The predicted octanol–water partition coefficient (Wildman–Crippen LogP) is 5.64. The van der Waals surface area contributed by atoms with Crippen molar-refractivity contribution in [3.05, 3.63) is 100 Å². The van der Waals surface area contributed by atoms with Crippen molar-refractivity contribution >= 4 is 11.9 Å². The van der Waals surface area contributed by atoms with Crippen LogP contribution in [0.2, 0.25) is 0 Å². The number of ketones is 1. The number of halogens is 1. The van der Waals surface area contributed by atoms with E-state index in [1.807, 2.05) is 38.1 Å². The van der Waals surface area contributed by atoms with E-state index in [1.54, 1.807) is 30.3 Å². The Bertz CT molecular complexity index is 1100. The van der Waals surface area contributed by atoms with Gasteiger partial charge in [-0.15, -0.1) is 0 Å². The first kappa shape index (κ1) is 18.0. The van der Waals surface area contributed by atoms with Gasteiger partial charge in [0.15, 0.2) is 5.76 Å². The van der Waals surface area contributed by atoms with Crippen LogP contribution in [0.5, 0.6) is 11.5 Å². The van der Waals surface area contributed by atoms with Gasteiger partial charge in [-0.3, -0.25) is 4.79 Å². The van der Waals surface area contributed by atoms with Crippen molar-refractivity contribution in [3.8, 4) is 11.5 Å². The topological polar surface area (TPSA) is 35.5 Å². The number of benzene rings is 3. The summed E-state index contributed by atoms with van der Waals surface area (Å²) in [5.41, 5.74) is 3.77. The van der Waals surface area contributed by atoms with Gasteiger partial charge in [-0.25, -0.2) is 4.39 Å². The molecule has 1 heterocycles. The number of rotatable bonds is 4. The molecule has 1 aliphatic rings. The lowest BCUT2D eigenvalue weighted by atomic mass is 10.1. The molecular formula is C24H19FO3. The number of aryl methyl sites for hydroxylation is 1. The molecule has 0 fully saturated rings. The molecule has 0 unspecified atom stereocenters. The Morgan fingerprint density at radius 3 is 2.54 bits per heavy atom. The van der Waals surface area contributed by atoms with E-state index in [9.17, 15) is 9.18 Å². The second-order valence-electron chi connectivity index (χ2n) is 6.74.